The number of rotatable bonds is 8. The molecule has 0 saturated carbocycles. The van der Waals surface area contributed by atoms with Crippen LogP contribution in [0.5, 0.6) is 11.5 Å². The Hall–Kier alpha value is -4.40. The van der Waals surface area contributed by atoms with Crippen molar-refractivity contribution in [3.8, 4) is 11.5 Å². The van der Waals surface area contributed by atoms with E-state index in [0.717, 1.165) is 119 Å². The van der Waals surface area contributed by atoms with Gasteiger partial charge in [0, 0.05) is 124 Å². The van der Waals surface area contributed by atoms with Crippen LogP contribution in [0.1, 0.15) is 81.1 Å². The number of amides is 2. The van der Waals surface area contributed by atoms with E-state index < -0.39 is 11.2 Å². The summed E-state index contributed by atoms with van der Waals surface area (Å²) in [6, 6.07) is 25.5. The maximum Gasteiger partial charge on any atom is 0.410 e. The molecule has 2 N–H and O–H groups in total. The van der Waals surface area contributed by atoms with E-state index in [0.29, 0.717) is 32.3 Å². The first-order valence-electron chi connectivity index (χ1n) is 24.0. The smallest absolute Gasteiger partial charge is 0.410 e. The molecule has 15 heteroatoms. The fourth-order valence-corrected chi connectivity index (χ4v) is 8.59. The van der Waals surface area contributed by atoms with Crippen LogP contribution in [0.15, 0.2) is 72.8 Å². The molecule has 13 nitrogen and oxygen atoms in total. The Bertz CT molecular complexity index is 2120. The Balaban J connectivity index is 0.000000278. The Labute approximate surface area is 412 Å². The van der Waals surface area contributed by atoms with Gasteiger partial charge in [-0.3, -0.25) is 0 Å². The molecule has 67 heavy (non-hydrogen) atoms. The number of carbonyl (C=O) groups is 2. The van der Waals surface area contributed by atoms with Gasteiger partial charge in [0.05, 0.1) is 0 Å². The predicted molar refractivity (Wildman–Crippen MR) is 278 cm³/mol. The number of piperidine rings is 2. The summed E-state index contributed by atoms with van der Waals surface area (Å²) >= 11 is 0. The zero-order valence-electron chi connectivity index (χ0n) is 41.3. The lowest BCUT2D eigenvalue weighted by Crippen LogP contribution is -2.50. The molecule has 4 heterocycles. The predicted octanol–water partition coefficient (Wildman–Crippen LogP) is 9.94. The van der Waals surface area contributed by atoms with Crippen molar-refractivity contribution in [3.05, 3.63) is 72.8 Å². The number of hydrogen-bond donors (Lipinski definition) is 2. The monoisotopic (exact) mass is 969 g/mol. The molecular weight excluding hydrogens is 892 g/mol. The Morgan fingerprint density at radius 1 is 0.507 bits per heavy atom. The van der Waals surface area contributed by atoms with Crippen molar-refractivity contribution in [1.29, 1.82) is 0 Å². The van der Waals surface area contributed by atoms with Gasteiger partial charge in [-0.25, -0.2) is 9.59 Å². The molecule has 0 atom stereocenters. The number of ether oxygens (including phenoxy) is 5. The van der Waals surface area contributed by atoms with Gasteiger partial charge in [0.1, 0.15) is 34.9 Å². The van der Waals surface area contributed by atoms with Gasteiger partial charge < -0.3 is 53.9 Å². The second kappa shape index (κ2) is 26.4. The number of halogens is 2. The second-order valence-corrected chi connectivity index (χ2v) is 19.1. The minimum atomic E-state index is -0.493. The average molecular weight is 970 g/mol. The summed E-state index contributed by atoms with van der Waals surface area (Å²) in [5.74, 6) is 1.90. The second-order valence-electron chi connectivity index (χ2n) is 19.1. The number of carbonyl (C=O) groups excluding carboxylic acids is 2. The molecule has 8 rings (SSSR count). The number of fused-ring (bicyclic) bond motifs is 2. The standard InChI is InChI=1S/C29H41N3O5.C19H25N3O.C4H10O.2ClH/c1-28(2,3)36-26(33)31-15-13-21(14-16-31)35-25-12-11-24(22-9-7-8-10-23(22)25)30-17-19-32(20-18-30)27(34)37-29(4,5)6;1-2-4-17-16(3-1)18(22-13-11-21-12-14-22)5-6-19(17)23-15-7-9-20-10-8-15;1-3-5-4-2;;/h7-12,21H,13-20H2,1-6H3;1-6,15,20-21H,7-14H2;3-4H2,1-2H3;2*1H. The lowest BCUT2D eigenvalue weighted by molar-refractivity contribution is 0.0127. The van der Waals surface area contributed by atoms with E-state index >= 15 is 0 Å². The van der Waals surface area contributed by atoms with Crippen molar-refractivity contribution >= 4 is 69.9 Å². The van der Waals surface area contributed by atoms with Gasteiger partial charge in [0.15, 0.2) is 0 Å². The van der Waals surface area contributed by atoms with E-state index in [1.165, 1.54) is 16.5 Å². The first-order chi connectivity index (χ1) is 31.2. The Morgan fingerprint density at radius 3 is 1.31 bits per heavy atom. The molecule has 2 amide bonds. The van der Waals surface area contributed by atoms with Crippen LogP contribution in [0, 0.1) is 0 Å². The zero-order valence-corrected chi connectivity index (χ0v) is 42.9. The fraction of sp³-hybridized carbons (Fsp3) is 0.577. The first-order valence-corrected chi connectivity index (χ1v) is 24.0. The molecule has 372 valence electrons. The summed E-state index contributed by atoms with van der Waals surface area (Å²) in [7, 11) is 0. The number of piperazine rings is 2. The lowest BCUT2D eigenvalue weighted by atomic mass is 10.0. The van der Waals surface area contributed by atoms with Crippen molar-refractivity contribution in [2.75, 3.05) is 102 Å². The van der Waals surface area contributed by atoms with Crippen molar-refractivity contribution in [2.24, 2.45) is 0 Å². The van der Waals surface area contributed by atoms with E-state index in [1.807, 2.05) is 67.5 Å². The van der Waals surface area contributed by atoms with E-state index in [2.05, 4.69) is 81.1 Å². The third-order valence-electron chi connectivity index (χ3n) is 11.8. The summed E-state index contributed by atoms with van der Waals surface area (Å²) in [5, 5.41) is 11.6. The minimum Gasteiger partial charge on any atom is -0.490 e. The third kappa shape index (κ3) is 16.4. The van der Waals surface area contributed by atoms with Crippen LogP contribution in [0.25, 0.3) is 21.5 Å². The van der Waals surface area contributed by atoms with Crippen LogP contribution in [0.4, 0.5) is 21.0 Å². The van der Waals surface area contributed by atoms with Crippen molar-refractivity contribution < 1.29 is 33.3 Å². The van der Waals surface area contributed by atoms with Crippen LogP contribution in [-0.2, 0) is 14.2 Å². The highest BCUT2D eigenvalue weighted by molar-refractivity contribution is 5.99. The first kappa shape index (κ1) is 55.2. The molecule has 4 fully saturated rings. The zero-order chi connectivity index (χ0) is 46.4. The van der Waals surface area contributed by atoms with Gasteiger partial charge in [-0.15, -0.1) is 24.8 Å². The van der Waals surface area contributed by atoms with Crippen LogP contribution in [-0.4, -0.2) is 137 Å². The van der Waals surface area contributed by atoms with Gasteiger partial charge in [-0.2, -0.15) is 0 Å². The van der Waals surface area contributed by atoms with Crippen molar-refractivity contribution in [3.63, 3.8) is 0 Å². The highest BCUT2D eigenvalue weighted by Gasteiger charge is 2.30. The number of benzene rings is 4. The van der Waals surface area contributed by atoms with Crippen molar-refractivity contribution in [1.82, 2.24) is 20.4 Å². The van der Waals surface area contributed by atoms with Gasteiger partial charge in [0.2, 0.25) is 0 Å². The van der Waals surface area contributed by atoms with Gasteiger partial charge in [0.25, 0.3) is 0 Å². The highest BCUT2D eigenvalue weighted by atomic mass is 35.5. The highest BCUT2D eigenvalue weighted by Crippen LogP contribution is 2.37. The summed E-state index contributed by atoms with van der Waals surface area (Å²) < 4.78 is 28.7. The van der Waals surface area contributed by atoms with Crippen molar-refractivity contribution in [2.45, 2.75) is 104 Å². The number of anilines is 2. The summed E-state index contributed by atoms with van der Waals surface area (Å²) in [4.78, 5) is 33.2. The largest absolute Gasteiger partial charge is 0.490 e. The molecule has 0 unspecified atom stereocenters. The molecule has 4 aliphatic rings. The maximum absolute atomic E-state index is 12.5. The van der Waals surface area contributed by atoms with E-state index in [4.69, 9.17) is 23.7 Å². The minimum absolute atomic E-state index is 0. The van der Waals surface area contributed by atoms with Crippen LogP contribution < -0.4 is 29.9 Å². The van der Waals surface area contributed by atoms with Crippen LogP contribution in [0.2, 0.25) is 0 Å². The van der Waals surface area contributed by atoms with E-state index in [9.17, 15) is 9.59 Å². The number of nitrogens with zero attached hydrogens (tertiary/aromatic N) is 4. The maximum atomic E-state index is 12.5. The molecule has 0 aromatic heterocycles. The molecular formula is C52H78Cl2N6O7. The number of likely N-dealkylation sites (tertiary alicyclic amines) is 1. The summed E-state index contributed by atoms with van der Waals surface area (Å²) in [5.41, 5.74) is 1.49. The third-order valence-corrected chi connectivity index (χ3v) is 11.8. The number of nitrogens with one attached hydrogen (secondary N) is 2. The molecule has 4 saturated heterocycles. The quantitative estimate of drug-likeness (QED) is 0.176. The average Bonchev–Trinajstić information content (AvgIpc) is 3.30. The van der Waals surface area contributed by atoms with Crippen LogP contribution >= 0.6 is 24.8 Å². The molecule has 0 radical (unpaired) electrons. The fourth-order valence-electron chi connectivity index (χ4n) is 8.59. The number of hydrogen-bond acceptors (Lipinski definition) is 11. The van der Waals surface area contributed by atoms with Crippen LogP contribution in [0.3, 0.4) is 0 Å². The topological polar surface area (TPSA) is 117 Å². The van der Waals surface area contributed by atoms with Gasteiger partial charge in [-0.1, -0.05) is 48.5 Å². The Kier molecular flexibility index (Phi) is 21.7. The Morgan fingerprint density at radius 2 is 0.896 bits per heavy atom. The molecule has 4 aliphatic heterocycles. The van der Waals surface area contributed by atoms with Gasteiger partial charge in [-0.05, 0) is 106 Å². The van der Waals surface area contributed by atoms with Gasteiger partial charge >= 0.3 is 12.2 Å². The molecule has 0 bridgehead atoms. The molecule has 0 spiro atoms. The molecule has 0 aliphatic carbocycles. The normalized spacial score (nSPS) is 17.2. The lowest BCUT2D eigenvalue weighted by Gasteiger charge is -2.37. The summed E-state index contributed by atoms with van der Waals surface area (Å²) in [6.45, 7) is 27.3. The SMILES string of the molecule is CC(C)(C)OC(=O)N1CCC(Oc2ccc(N3CCN(C(=O)OC(C)(C)C)CC3)c3ccccc23)CC1.CCOCC.Cl.Cl.c1ccc2c(N3CCNCC3)ccc(OC3CCNCC3)c2c1. The van der Waals surface area contributed by atoms with E-state index in [1.54, 1.807) is 9.80 Å². The molecule has 4 aromatic carbocycles. The molecule has 4 aromatic rings. The van der Waals surface area contributed by atoms with E-state index in [-0.39, 0.29) is 43.1 Å². The summed E-state index contributed by atoms with van der Waals surface area (Å²) in [6.07, 6.45) is 3.59.